The zero-order chi connectivity index (χ0) is 15.5. The SMILES string of the molecule is O=C(Cc1ccccc1C(=O)O)Nc1noc2ncccc12. The fourth-order valence-electron chi connectivity index (χ4n) is 2.10. The molecule has 1 amide bonds. The Morgan fingerprint density at radius 1 is 1.18 bits per heavy atom. The molecule has 0 saturated heterocycles. The molecule has 3 rings (SSSR count). The van der Waals surface area contributed by atoms with Gasteiger partial charge in [0.15, 0.2) is 5.82 Å². The molecule has 110 valence electrons. The van der Waals surface area contributed by atoms with E-state index >= 15 is 0 Å². The molecular weight excluding hydrogens is 286 g/mol. The van der Waals surface area contributed by atoms with E-state index in [4.69, 9.17) is 9.63 Å². The van der Waals surface area contributed by atoms with Gasteiger partial charge in [0.25, 0.3) is 5.71 Å². The predicted octanol–water partition coefficient (Wildman–Crippen LogP) is 2.10. The number of fused-ring (bicyclic) bond motifs is 1. The van der Waals surface area contributed by atoms with Crippen LogP contribution in [0.2, 0.25) is 0 Å². The van der Waals surface area contributed by atoms with E-state index in [9.17, 15) is 9.59 Å². The van der Waals surface area contributed by atoms with E-state index in [-0.39, 0.29) is 23.7 Å². The number of carboxylic acids is 1. The zero-order valence-electron chi connectivity index (χ0n) is 11.3. The fourth-order valence-corrected chi connectivity index (χ4v) is 2.10. The Morgan fingerprint density at radius 2 is 2.00 bits per heavy atom. The number of pyridine rings is 1. The quantitative estimate of drug-likeness (QED) is 0.764. The first-order valence-electron chi connectivity index (χ1n) is 6.46. The van der Waals surface area contributed by atoms with Crippen LogP contribution in [-0.4, -0.2) is 27.1 Å². The van der Waals surface area contributed by atoms with Crippen molar-refractivity contribution in [3.05, 3.63) is 53.7 Å². The minimum absolute atomic E-state index is 0.0723. The maximum Gasteiger partial charge on any atom is 0.335 e. The first kappa shape index (κ1) is 13.7. The Bertz CT molecular complexity index is 857. The third-order valence-corrected chi connectivity index (χ3v) is 3.11. The Labute approximate surface area is 124 Å². The highest BCUT2D eigenvalue weighted by atomic mass is 16.5. The van der Waals surface area contributed by atoms with Crippen LogP contribution in [0.5, 0.6) is 0 Å². The Morgan fingerprint density at radius 3 is 2.82 bits per heavy atom. The van der Waals surface area contributed by atoms with Crippen molar-refractivity contribution in [1.82, 2.24) is 10.1 Å². The summed E-state index contributed by atoms with van der Waals surface area (Å²) in [6.07, 6.45) is 1.49. The summed E-state index contributed by atoms with van der Waals surface area (Å²) in [6, 6.07) is 9.78. The maximum absolute atomic E-state index is 12.1. The number of hydrogen-bond acceptors (Lipinski definition) is 5. The molecule has 0 aliphatic carbocycles. The number of carbonyl (C=O) groups is 2. The monoisotopic (exact) mass is 297 g/mol. The number of aromatic carboxylic acids is 1. The van der Waals surface area contributed by atoms with Crippen LogP contribution in [0.25, 0.3) is 11.1 Å². The van der Waals surface area contributed by atoms with Crippen LogP contribution in [0.4, 0.5) is 5.82 Å². The van der Waals surface area contributed by atoms with Gasteiger partial charge in [-0.15, -0.1) is 0 Å². The van der Waals surface area contributed by atoms with Gasteiger partial charge in [-0.3, -0.25) is 4.79 Å². The lowest BCUT2D eigenvalue weighted by atomic mass is 10.0. The lowest BCUT2D eigenvalue weighted by molar-refractivity contribution is -0.115. The van der Waals surface area contributed by atoms with Gasteiger partial charge in [-0.2, -0.15) is 0 Å². The number of aromatic nitrogens is 2. The van der Waals surface area contributed by atoms with E-state index in [2.05, 4.69) is 15.5 Å². The van der Waals surface area contributed by atoms with Crippen LogP contribution in [0.15, 0.2) is 47.1 Å². The van der Waals surface area contributed by atoms with Crippen LogP contribution >= 0.6 is 0 Å². The molecule has 1 aromatic carbocycles. The molecule has 3 aromatic rings. The summed E-state index contributed by atoms with van der Waals surface area (Å²) in [6.45, 7) is 0. The van der Waals surface area contributed by atoms with Crippen molar-refractivity contribution in [3.8, 4) is 0 Å². The fraction of sp³-hybridized carbons (Fsp3) is 0.0667. The molecule has 0 radical (unpaired) electrons. The van der Waals surface area contributed by atoms with Crippen molar-refractivity contribution in [1.29, 1.82) is 0 Å². The van der Waals surface area contributed by atoms with E-state index in [1.165, 1.54) is 6.07 Å². The van der Waals surface area contributed by atoms with Crippen LogP contribution in [0.1, 0.15) is 15.9 Å². The van der Waals surface area contributed by atoms with Gasteiger partial charge < -0.3 is 14.9 Å². The number of anilines is 1. The number of carboxylic acid groups (broad SMARTS) is 1. The Balaban J connectivity index is 1.80. The molecule has 2 aromatic heterocycles. The van der Waals surface area contributed by atoms with E-state index in [0.29, 0.717) is 16.7 Å². The summed E-state index contributed by atoms with van der Waals surface area (Å²) in [4.78, 5) is 27.2. The van der Waals surface area contributed by atoms with Crippen LogP contribution in [0.3, 0.4) is 0 Å². The van der Waals surface area contributed by atoms with Crippen molar-refractivity contribution in [2.45, 2.75) is 6.42 Å². The molecule has 0 unspecified atom stereocenters. The molecule has 0 aliphatic rings. The molecule has 2 N–H and O–H groups in total. The largest absolute Gasteiger partial charge is 0.478 e. The minimum Gasteiger partial charge on any atom is -0.478 e. The standard InChI is InChI=1S/C15H11N3O4/c19-12(8-9-4-1-2-5-10(9)15(20)21)17-13-11-6-3-7-16-14(11)22-18-13/h1-7H,8H2,(H,20,21)(H,17,18,19). The van der Waals surface area contributed by atoms with Gasteiger partial charge in [0, 0.05) is 6.20 Å². The number of rotatable bonds is 4. The van der Waals surface area contributed by atoms with Crippen LogP contribution in [0, 0.1) is 0 Å². The van der Waals surface area contributed by atoms with Crippen molar-refractivity contribution in [2.24, 2.45) is 0 Å². The van der Waals surface area contributed by atoms with E-state index < -0.39 is 5.97 Å². The zero-order valence-corrected chi connectivity index (χ0v) is 11.3. The lowest BCUT2D eigenvalue weighted by Gasteiger charge is -2.05. The second-order valence-electron chi connectivity index (χ2n) is 4.57. The average molecular weight is 297 g/mol. The number of carbonyl (C=O) groups excluding carboxylic acids is 1. The number of nitrogens with zero attached hydrogens (tertiary/aromatic N) is 2. The number of hydrogen-bond donors (Lipinski definition) is 2. The van der Waals surface area contributed by atoms with Gasteiger partial charge in [-0.1, -0.05) is 23.4 Å². The van der Waals surface area contributed by atoms with Gasteiger partial charge >= 0.3 is 5.97 Å². The number of benzene rings is 1. The first-order chi connectivity index (χ1) is 10.6. The first-order valence-corrected chi connectivity index (χ1v) is 6.46. The van der Waals surface area contributed by atoms with Gasteiger partial charge in [-0.05, 0) is 23.8 Å². The van der Waals surface area contributed by atoms with Gasteiger partial charge in [0.05, 0.1) is 17.4 Å². The highest BCUT2D eigenvalue weighted by Crippen LogP contribution is 2.20. The third-order valence-electron chi connectivity index (χ3n) is 3.11. The molecule has 0 spiro atoms. The summed E-state index contributed by atoms with van der Waals surface area (Å²) in [5.74, 6) is -1.19. The smallest absolute Gasteiger partial charge is 0.335 e. The summed E-state index contributed by atoms with van der Waals surface area (Å²) in [5.41, 5.74) is 0.853. The third kappa shape index (κ3) is 2.64. The molecule has 7 nitrogen and oxygen atoms in total. The molecule has 0 saturated carbocycles. The summed E-state index contributed by atoms with van der Waals surface area (Å²) in [7, 11) is 0. The second kappa shape index (κ2) is 5.65. The van der Waals surface area contributed by atoms with Crippen molar-refractivity contribution in [3.63, 3.8) is 0 Å². The predicted molar refractivity (Wildman–Crippen MR) is 77.5 cm³/mol. The Kier molecular flexibility index (Phi) is 3.53. The van der Waals surface area contributed by atoms with E-state index in [0.717, 1.165) is 0 Å². The van der Waals surface area contributed by atoms with Crippen LogP contribution < -0.4 is 5.32 Å². The van der Waals surface area contributed by atoms with Crippen LogP contribution in [-0.2, 0) is 11.2 Å². The molecule has 2 heterocycles. The molecule has 7 heteroatoms. The normalized spacial score (nSPS) is 10.5. The van der Waals surface area contributed by atoms with Gasteiger partial charge in [0.1, 0.15) is 0 Å². The van der Waals surface area contributed by atoms with E-state index in [1.807, 2.05) is 0 Å². The van der Waals surface area contributed by atoms with Crippen molar-refractivity contribution in [2.75, 3.05) is 5.32 Å². The molecule has 0 atom stereocenters. The van der Waals surface area contributed by atoms with Crippen molar-refractivity contribution >= 4 is 28.8 Å². The van der Waals surface area contributed by atoms with Crippen molar-refractivity contribution < 1.29 is 19.2 Å². The second-order valence-corrected chi connectivity index (χ2v) is 4.57. The van der Waals surface area contributed by atoms with Gasteiger partial charge in [0.2, 0.25) is 5.91 Å². The average Bonchev–Trinajstić information content (AvgIpc) is 2.91. The number of amides is 1. The molecule has 0 aliphatic heterocycles. The molecular formula is C15H11N3O4. The summed E-state index contributed by atoms with van der Waals surface area (Å²) >= 11 is 0. The maximum atomic E-state index is 12.1. The molecule has 0 fully saturated rings. The topological polar surface area (TPSA) is 105 Å². The molecule has 0 bridgehead atoms. The summed E-state index contributed by atoms with van der Waals surface area (Å²) < 4.78 is 4.99. The highest BCUT2D eigenvalue weighted by molar-refractivity contribution is 6.00. The molecule has 22 heavy (non-hydrogen) atoms. The van der Waals surface area contributed by atoms with E-state index in [1.54, 1.807) is 36.5 Å². The van der Waals surface area contributed by atoms with Gasteiger partial charge in [-0.25, -0.2) is 9.78 Å². The minimum atomic E-state index is -1.07. The summed E-state index contributed by atoms with van der Waals surface area (Å²) in [5, 5.41) is 16.0. The highest BCUT2D eigenvalue weighted by Gasteiger charge is 2.15. The Hall–Kier alpha value is -3.22. The lowest BCUT2D eigenvalue weighted by Crippen LogP contribution is -2.16. The number of nitrogens with one attached hydrogen (secondary N) is 1.